The molecule has 1 aromatic heterocycles. The predicted molar refractivity (Wildman–Crippen MR) is 80.7 cm³/mol. The first-order valence-electron chi connectivity index (χ1n) is 6.15. The van der Waals surface area contributed by atoms with E-state index in [4.69, 9.17) is 9.15 Å². The van der Waals surface area contributed by atoms with Crippen LogP contribution in [0.25, 0.3) is 0 Å². The number of hydrogen-bond acceptors (Lipinski definition) is 5. The molecule has 2 aromatic rings. The van der Waals surface area contributed by atoms with Gasteiger partial charge in [0.25, 0.3) is 0 Å². The number of rotatable bonds is 5. The fourth-order valence-corrected chi connectivity index (χ4v) is 1.87. The molecule has 1 heterocycles. The third kappa shape index (κ3) is 3.85. The zero-order valence-corrected chi connectivity index (χ0v) is 12.8. The van der Waals surface area contributed by atoms with Gasteiger partial charge in [0.1, 0.15) is 0 Å². The molecule has 2 rings (SSSR count). The molecule has 0 aliphatic carbocycles. The number of benzene rings is 1. The number of carbonyl (C=O) groups excluding carboxylic acids is 1. The molecule has 0 atom stereocenters. The average Bonchev–Trinajstić information content (AvgIpc) is 2.89. The lowest BCUT2D eigenvalue weighted by atomic mass is 10.2. The van der Waals surface area contributed by atoms with E-state index in [1.165, 1.54) is 12.3 Å². The van der Waals surface area contributed by atoms with Crippen LogP contribution in [-0.4, -0.2) is 23.8 Å². The zero-order chi connectivity index (χ0) is 15.2. The summed E-state index contributed by atoms with van der Waals surface area (Å²) in [5.74, 6) is -0.0236. The van der Waals surface area contributed by atoms with Gasteiger partial charge in [0, 0.05) is 5.56 Å². The number of aromatic hydroxyl groups is 1. The lowest BCUT2D eigenvalue weighted by Crippen LogP contribution is -2.16. The van der Waals surface area contributed by atoms with E-state index in [9.17, 15) is 9.90 Å². The maximum atomic E-state index is 11.7. The normalized spacial score (nSPS) is 10.8. The summed E-state index contributed by atoms with van der Waals surface area (Å²) < 4.78 is 10.8. The van der Waals surface area contributed by atoms with E-state index < -0.39 is 5.91 Å². The highest BCUT2D eigenvalue weighted by molar-refractivity contribution is 9.10. The van der Waals surface area contributed by atoms with Gasteiger partial charge in [-0.15, -0.1) is 0 Å². The Morgan fingerprint density at radius 3 is 2.95 bits per heavy atom. The highest BCUT2D eigenvalue weighted by atomic mass is 79.9. The smallest absolute Gasteiger partial charge is 0.307 e. The van der Waals surface area contributed by atoms with Crippen LogP contribution in [0.2, 0.25) is 0 Å². The number of hydrogen-bond donors (Lipinski definition) is 2. The molecular formula is C14H13BrN2O4. The van der Waals surface area contributed by atoms with Gasteiger partial charge in [-0.3, -0.25) is 4.79 Å². The van der Waals surface area contributed by atoms with Gasteiger partial charge >= 0.3 is 5.91 Å². The van der Waals surface area contributed by atoms with Crippen molar-refractivity contribution in [1.29, 1.82) is 0 Å². The van der Waals surface area contributed by atoms with Crippen molar-refractivity contribution in [1.82, 2.24) is 5.43 Å². The molecule has 0 radical (unpaired) electrons. The number of hydrazone groups is 1. The minimum Gasteiger partial charge on any atom is -0.504 e. The van der Waals surface area contributed by atoms with Crippen molar-refractivity contribution in [2.45, 2.75) is 6.92 Å². The molecule has 2 N–H and O–H groups in total. The van der Waals surface area contributed by atoms with Crippen LogP contribution in [0.3, 0.4) is 0 Å². The summed E-state index contributed by atoms with van der Waals surface area (Å²) in [6.07, 6.45) is 1.33. The van der Waals surface area contributed by atoms with Gasteiger partial charge < -0.3 is 14.3 Å². The van der Waals surface area contributed by atoms with Crippen LogP contribution < -0.4 is 10.2 Å². The number of phenols is 1. The Morgan fingerprint density at radius 1 is 1.48 bits per heavy atom. The van der Waals surface area contributed by atoms with Crippen molar-refractivity contribution in [3.05, 3.63) is 46.3 Å². The third-order valence-electron chi connectivity index (χ3n) is 2.50. The lowest BCUT2D eigenvalue weighted by Gasteiger charge is -2.06. The quantitative estimate of drug-likeness (QED) is 0.640. The number of amides is 1. The number of para-hydroxylation sites is 1. The molecular weight excluding hydrogens is 340 g/mol. The SMILES string of the molecule is CCOc1cccc(/C=N\NC(=O)c2ccc(Br)o2)c1O. The second-order valence-corrected chi connectivity index (χ2v) is 4.71. The van der Waals surface area contributed by atoms with Gasteiger partial charge in [0.2, 0.25) is 0 Å². The van der Waals surface area contributed by atoms with E-state index in [0.717, 1.165) is 0 Å². The maximum absolute atomic E-state index is 11.7. The number of halogens is 1. The summed E-state index contributed by atoms with van der Waals surface area (Å²) in [5, 5.41) is 13.7. The monoisotopic (exact) mass is 352 g/mol. The Bertz CT molecular complexity index is 667. The highest BCUT2D eigenvalue weighted by Crippen LogP contribution is 2.28. The zero-order valence-electron chi connectivity index (χ0n) is 11.2. The van der Waals surface area contributed by atoms with Crippen molar-refractivity contribution < 1.29 is 19.1 Å². The summed E-state index contributed by atoms with van der Waals surface area (Å²) >= 11 is 3.11. The van der Waals surface area contributed by atoms with Crippen LogP contribution in [0.5, 0.6) is 11.5 Å². The second-order valence-electron chi connectivity index (χ2n) is 3.93. The van der Waals surface area contributed by atoms with E-state index in [-0.39, 0.29) is 11.5 Å². The van der Waals surface area contributed by atoms with Crippen molar-refractivity contribution in [3.63, 3.8) is 0 Å². The average molecular weight is 353 g/mol. The van der Waals surface area contributed by atoms with Gasteiger partial charge in [-0.25, -0.2) is 5.43 Å². The molecule has 0 aliphatic rings. The molecule has 1 amide bonds. The van der Waals surface area contributed by atoms with Crippen LogP contribution >= 0.6 is 15.9 Å². The Hall–Kier alpha value is -2.28. The number of nitrogens with zero attached hydrogens (tertiary/aromatic N) is 1. The molecule has 1 aromatic carbocycles. The number of ether oxygens (including phenoxy) is 1. The first-order valence-corrected chi connectivity index (χ1v) is 6.94. The summed E-state index contributed by atoms with van der Waals surface area (Å²) in [4.78, 5) is 11.7. The van der Waals surface area contributed by atoms with Crippen LogP contribution in [0, 0.1) is 0 Å². The highest BCUT2D eigenvalue weighted by Gasteiger charge is 2.09. The van der Waals surface area contributed by atoms with E-state index in [1.54, 1.807) is 24.3 Å². The molecule has 0 saturated heterocycles. The van der Waals surface area contributed by atoms with Crippen molar-refractivity contribution in [2.75, 3.05) is 6.61 Å². The molecule has 0 spiro atoms. The van der Waals surface area contributed by atoms with Crippen molar-refractivity contribution in [3.8, 4) is 11.5 Å². The predicted octanol–water partition coefficient (Wildman–Crippen LogP) is 2.91. The molecule has 0 unspecified atom stereocenters. The Balaban J connectivity index is 2.04. The summed E-state index contributed by atoms with van der Waals surface area (Å²) in [7, 11) is 0. The van der Waals surface area contributed by atoms with Gasteiger partial charge in [0.15, 0.2) is 21.9 Å². The second kappa shape index (κ2) is 6.94. The molecule has 0 saturated carbocycles. The van der Waals surface area contributed by atoms with Gasteiger partial charge in [-0.1, -0.05) is 6.07 Å². The first-order chi connectivity index (χ1) is 10.1. The molecule has 7 heteroatoms. The summed E-state index contributed by atoms with van der Waals surface area (Å²) in [5.41, 5.74) is 2.74. The van der Waals surface area contributed by atoms with Crippen LogP contribution in [0.15, 0.2) is 44.5 Å². The lowest BCUT2D eigenvalue weighted by molar-refractivity contribution is 0.0926. The fraction of sp³-hybridized carbons (Fsp3) is 0.143. The van der Waals surface area contributed by atoms with Crippen LogP contribution in [0.1, 0.15) is 23.0 Å². The topological polar surface area (TPSA) is 84.1 Å². The van der Waals surface area contributed by atoms with E-state index in [2.05, 4.69) is 26.5 Å². The Labute approximate surface area is 129 Å². The van der Waals surface area contributed by atoms with Crippen molar-refractivity contribution in [2.24, 2.45) is 5.10 Å². The van der Waals surface area contributed by atoms with Crippen LogP contribution in [-0.2, 0) is 0 Å². The van der Waals surface area contributed by atoms with Crippen LogP contribution in [0.4, 0.5) is 0 Å². The van der Waals surface area contributed by atoms with Gasteiger partial charge in [-0.05, 0) is 47.1 Å². The Morgan fingerprint density at radius 2 is 2.29 bits per heavy atom. The van der Waals surface area contributed by atoms with Crippen molar-refractivity contribution >= 4 is 28.1 Å². The number of carbonyl (C=O) groups is 1. The molecule has 0 aliphatic heterocycles. The van der Waals surface area contributed by atoms with Gasteiger partial charge in [0.05, 0.1) is 12.8 Å². The molecule has 6 nitrogen and oxygen atoms in total. The van der Waals surface area contributed by atoms with E-state index in [0.29, 0.717) is 22.6 Å². The maximum Gasteiger partial charge on any atom is 0.307 e. The summed E-state index contributed by atoms with van der Waals surface area (Å²) in [6.45, 7) is 2.26. The summed E-state index contributed by atoms with van der Waals surface area (Å²) in [6, 6.07) is 8.14. The standard InChI is InChI=1S/C14H13BrN2O4/c1-2-20-10-5-3-4-9(13(10)18)8-16-17-14(19)11-6-7-12(15)21-11/h3-8,18H,2H2,1H3,(H,17,19)/b16-8-. The first kappa shape index (κ1) is 15.1. The van der Waals surface area contributed by atoms with E-state index in [1.807, 2.05) is 6.92 Å². The molecule has 0 fully saturated rings. The number of phenolic OH excluding ortho intramolecular Hbond substituents is 1. The molecule has 110 valence electrons. The minimum absolute atomic E-state index is 0.0295. The van der Waals surface area contributed by atoms with E-state index >= 15 is 0 Å². The third-order valence-corrected chi connectivity index (χ3v) is 2.92. The molecule has 0 bridgehead atoms. The largest absolute Gasteiger partial charge is 0.504 e. The minimum atomic E-state index is -0.489. The fourth-order valence-electron chi connectivity index (χ4n) is 1.57. The number of nitrogens with one attached hydrogen (secondary N) is 1. The number of furan rings is 1. The van der Waals surface area contributed by atoms with Gasteiger partial charge in [-0.2, -0.15) is 5.10 Å². The Kier molecular flexibility index (Phi) is 4.99. The molecule has 21 heavy (non-hydrogen) atoms.